The van der Waals surface area contributed by atoms with Gasteiger partial charge in [-0.3, -0.25) is 0 Å². The van der Waals surface area contributed by atoms with Crippen LogP contribution in [0.5, 0.6) is 11.5 Å². The van der Waals surface area contributed by atoms with E-state index >= 15 is 0 Å². The predicted octanol–water partition coefficient (Wildman–Crippen LogP) is 14.5. The Labute approximate surface area is 291 Å². The van der Waals surface area contributed by atoms with Crippen LogP contribution in [0.15, 0.2) is 60.7 Å². The van der Waals surface area contributed by atoms with Gasteiger partial charge in [-0.2, -0.15) is 0 Å². The molecule has 4 rings (SSSR count). The molecule has 1 saturated carbocycles. The maximum atomic E-state index is 9.08. The third kappa shape index (κ3) is 14.3. The zero-order valence-corrected chi connectivity index (χ0v) is 32.8. The van der Waals surface area contributed by atoms with Gasteiger partial charge in [0.05, 0.1) is 6.10 Å². The molecular formula is C45H72O2. The third-order valence-electron chi connectivity index (χ3n) is 9.66. The molecule has 3 aromatic carbocycles. The van der Waals surface area contributed by atoms with Crippen molar-refractivity contribution in [2.24, 2.45) is 22.2 Å². The fourth-order valence-electron chi connectivity index (χ4n) is 7.24. The molecule has 2 unspecified atom stereocenters. The number of aromatic hydroxyl groups is 1. The smallest absolute Gasteiger partial charge is 0.120 e. The van der Waals surface area contributed by atoms with Gasteiger partial charge in [0.2, 0.25) is 0 Å². The SMILES string of the molecule is CC.CC(C)(C)CC(CC1CCCC1)Oc1ccc2cc(C(CC(C)(C)C)C(C)(C)C)ccc2c1.CCC(CC)c1ccc(O)cc1. The second-order valence-corrected chi connectivity index (χ2v) is 17.4. The molecule has 1 fully saturated rings. The topological polar surface area (TPSA) is 29.5 Å². The number of hydrogen-bond acceptors (Lipinski definition) is 2. The molecule has 0 bridgehead atoms. The number of fused-ring (bicyclic) bond motifs is 1. The lowest BCUT2D eigenvalue weighted by molar-refractivity contribution is 0.119. The van der Waals surface area contributed by atoms with Crippen LogP contribution >= 0.6 is 0 Å². The van der Waals surface area contributed by atoms with E-state index in [2.05, 4.69) is 113 Å². The van der Waals surface area contributed by atoms with Gasteiger partial charge in [0.15, 0.2) is 0 Å². The number of phenolic OH excluding ortho intramolecular Hbond substituents is 1. The zero-order chi connectivity index (χ0) is 35.4. The highest BCUT2D eigenvalue weighted by molar-refractivity contribution is 5.84. The Hall–Kier alpha value is -2.48. The average molecular weight is 645 g/mol. The lowest BCUT2D eigenvalue weighted by Crippen LogP contribution is -2.26. The quantitative estimate of drug-likeness (QED) is 0.238. The first-order valence-electron chi connectivity index (χ1n) is 19.0. The summed E-state index contributed by atoms with van der Waals surface area (Å²) in [6.07, 6.45) is 11.7. The molecule has 0 heterocycles. The molecule has 1 N–H and O–H groups in total. The Morgan fingerprint density at radius 2 is 1.19 bits per heavy atom. The number of rotatable bonds is 10. The minimum Gasteiger partial charge on any atom is -0.508 e. The normalized spacial score (nSPS) is 15.4. The Kier molecular flexibility index (Phi) is 15.9. The Morgan fingerprint density at radius 3 is 1.70 bits per heavy atom. The molecule has 3 aromatic rings. The number of benzene rings is 3. The van der Waals surface area contributed by atoms with Crippen LogP contribution in [-0.4, -0.2) is 11.2 Å². The van der Waals surface area contributed by atoms with Crippen LogP contribution in [0, 0.1) is 22.2 Å². The first kappa shape index (κ1) is 40.7. The van der Waals surface area contributed by atoms with Gasteiger partial charge in [0, 0.05) is 0 Å². The monoisotopic (exact) mass is 645 g/mol. The summed E-state index contributed by atoms with van der Waals surface area (Å²) >= 11 is 0. The Balaban J connectivity index is 0.000000458. The molecule has 1 aliphatic carbocycles. The summed E-state index contributed by atoms with van der Waals surface area (Å²) in [4.78, 5) is 0. The van der Waals surface area contributed by atoms with Crippen molar-refractivity contribution in [3.63, 3.8) is 0 Å². The van der Waals surface area contributed by atoms with Crippen molar-refractivity contribution in [2.75, 3.05) is 0 Å². The Bertz CT molecular complexity index is 1290. The molecule has 0 aliphatic heterocycles. The second kappa shape index (κ2) is 18.3. The highest BCUT2D eigenvalue weighted by atomic mass is 16.5. The van der Waals surface area contributed by atoms with Crippen LogP contribution in [0.1, 0.15) is 171 Å². The molecule has 2 nitrogen and oxygen atoms in total. The lowest BCUT2D eigenvalue weighted by atomic mass is 9.69. The lowest BCUT2D eigenvalue weighted by Gasteiger charge is -2.36. The standard InChI is InChI=1S/C32H50O.C11H16O.C2H6/c1-30(2,3)21-28(18-23-12-10-11-13-23)33-27-17-16-24-19-26(15-14-25(24)20-27)29(32(7,8)9)22-31(4,5)6;1-3-9(4-2)10-5-7-11(12)8-6-10;1-2/h14-17,19-20,23,28-29H,10-13,18,21-22H2,1-9H3;5-9,12H,3-4H2,1-2H3;1-2H3. The van der Waals surface area contributed by atoms with Gasteiger partial charge in [0.1, 0.15) is 11.5 Å². The fraction of sp³-hybridized carbons (Fsp3) is 0.644. The van der Waals surface area contributed by atoms with E-state index in [9.17, 15) is 0 Å². The zero-order valence-electron chi connectivity index (χ0n) is 32.8. The summed E-state index contributed by atoms with van der Waals surface area (Å²) in [6.45, 7) is 29.6. The summed E-state index contributed by atoms with van der Waals surface area (Å²) in [5, 5.41) is 11.7. The van der Waals surface area contributed by atoms with Crippen molar-refractivity contribution in [1.29, 1.82) is 0 Å². The average Bonchev–Trinajstić information content (AvgIpc) is 3.50. The molecule has 0 spiro atoms. The predicted molar refractivity (Wildman–Crippen MR) is 208 cm³/mol. The number of hydrogen-bond donors (Lipinski definition) is 1. The van der Waals surface area contributed by atoms with Crippen molar-refractivity contribution in [2.45, 2.75) is 166 Å². The van der Waals surface area contributed by atoms with Gasteiger partial charge >= 0.3 is 0 Å². The van der Waals surface area contributed by atoms with Gasteiger partial charge < -0.3 is 9.84 Å². The highest BCUT2D eigenvalue weighted by Crippen LogP contribution is 2.44. The van der Waals surface area contributed by atoms with E-state index in [0.29, 0.717) is 29.1 Å². The van der Waals surface area contributed by atoms with E-state index < -0.39 is 0 Å². The molecule has 1 aliphatic rings. The minimum atomic E-state index is 0.241. The van der Waals surface area contributed by atoms with E-state index in [1.54, 1.807) is 12.1 Å². The summed E-state index contributed by atoms with van der Waals surface area (Å²) in [5.41, 5.74) is 3.63. The molecule has 0 radical (unpaired) electrons. The Morgan fingerprint density at radius 1 is 0.681 bits per heavy atom. The summed E-state index contributed by atoms with van der Waals surface area (Å²) in [7, 11) is 0. The molecular weight excluding hydrogens is 572 g/mol. The first-order valence-corrected chi connectivity index (χ1v) is 19.0. The van der Waals surface area contributed by atoms with Gasteiger partial charge in [-0.15, -0.1) is 0 Å². The van der Waals surface area contributed by atoms with E-state index in [-0.39, 0.29) is 10.8 Å². The molecule has 0 saturated heterocycles. The molecule has 2 atom stereocenters. The van der Waals surface area contributed by atoms with E-state index in [1.807, 2.05) is 26.0 Å². The number of ether oxygens (including phenoxy) is 1. The minimum absolute atomic E-state index is 0.241. The van der Waals surface area contributed by atoms with Gasteiger partial charge in [-0.05, 0) is 112 Å². The van der Waals surface area contributed by atoms with E-state index in [1.165, 1.54) is 73.3 Å². The van der Waals surface area contributed by atoms with Crippen LogP contribution in [0.3, 0.4) is 0 Å². The van der Waals surface area contributed by atoms with Gasteiger partial charge in [0.25, 0.3) is 0 Å². The molecule has 47 heavy (non-hydrogen) atoms. The molecule has 0 amide bonds. The van der Waals surface area contributed by atoms with Crippen molar-refractivity contribution in [1.82, 2.24) is 0 Å². The molecule has 264 valence electrons. The first-order chi connectivity index (χ1) is 22.0. The largest absolute Gasteiger partial charge is 0.508 e. The second-order valence-electron chi connectivity index (χ2n) is 17.4. The third-order valence-corrected chi connectivity index (χ3v) is 9.66. The van der Waals surface area contributed by atoms with Gasteiger partial charge in [-0.1, -0.05) is 152 Å². The summed E-state index contributed by atoms with van der Waals surface area (Å²) in [6, 6.07) is 21.4. The highest BCUT2D eigenvalue weighted by Gasteiger charge is 2.30. The van der Waals surface area contributed by atoms with Crippen molar-refractivity contribution >= 4 is 10.8 Å². The van der Waals surface area contributed by atoms with Crippen LogP contribution in [0.2, 0.25) is 0 Å². The number of phenols is 1. The van der Waals surface area contributed by atoms with Crippen molar-refractivity contribution in [3.8, 4) is 11.5 Å². The van der Waals surface area contributed by atoms with Crippen molar-refractivity contribution in [3.05, 3.63) is 71.8 Å². The van der Waals surface area contributed by atoms with Crippen LogP contribution in [-0.2, 0) is 0 Å². The van der Waals surface area contributed by atoms with Crippen LogP contribution in [0.25, 0.3) is 10.8 Å². The van der Waals surface area contributed by atoms with E-state index in [4.69, 9.17) is 9.84 Å². The van der Waals surface area contributed by atoms with Crippen LogP contribution < -0.4 is 4.74 Å². The summed E-state index contributed by atoms with van der Waals surface area (Å²) in [5.74, 6) is 3.41. The maximum Gasteiger partial charge on any atom is 0.120 e. The molecule has 0 aromatic heterocycles. The summed E-state index contributed by atoms with van der Waals surface area (Å²) < 4.78 is 6.66. The fourth-order valence-corrected chi connectivity index (χ4v) is 7.24. The van der Waals surface area contributed by atoms with Crippen LogP contribution in [0.4, 0.5) is 0 Å². The van der Waals surface area contributed by atoms with Crippen molar-refractivity contribution < 1.29 is 9.84 Å². The van der Waals surface area contributed by atoms with Gasteiger partial charge in [-0.25, -0.2) is 0 Å². The molecule has 2 heteroatoms. The maximum absolute atomic E-state index is 9.08. The van der Waals surface area contributed by atoms with E-state index in [0.717, 1.165) is 18.1 Å².